The molecule has 0 aliphatic rings. The van der Waals surface area contributed by atoms with Crippen LogP contribution in [0.3, 0.4) is 0 Å². The summed E-state index contributed by atoms with van der Waals surface area (Å²) >= 11 is 0. The summed E-state index contributed by atoms with van der Waals surface area (Å²) in [5.74, 6) is 1.43. The van der Waals surface area contributed by atoms with Crippen LogP contribution in [0.25, 0.3) is 0 Å². The summed E-state index contributed by atoms with van der Waals surface area (Å²) in [6.07, 6.45) is 7.89. The number of aryl methyl sites for hydroxylation is 1. The van der Waals surface area contributed by atoms with Crippen molar-refractivity contribution in [1.82, 2.24) is 10.2 Å². The zero-order valence-electron chi connectivity index (χ0n) is 9.54. The second kappa shape index (κ2) is 7.40. The van der Waals surface area contributed by atoms with Crippen LogP contribution < -0.4 is 5.73 Å². The highest BCUT2D eigenvalue weighted by Gasteiger charge is 2.04. The SMILES string of the molecule is CCCCCCCc1nnc(CCN)o1. The van der Waals surface area contributed by atoms with Crippen LogP contribution in [-0.4, -0.2) is 16.7 Å². The van der Waals surface area contributed by atoms with Crippen LogP contribution in [0.1, 0.15) is 50.8 Å². The van der Waals surface area contributed by atoms with Gasteiger partial charge >= 0.3 is 0 Å². The molecule has 86 valence electrons. The van der Waals surface area contributed by atoms with Gasteiger partial charge in [-0.05, 0) is 6.42 Å². The lowest BCUT2D eigenvalue weighted by atomic mass is 10.1. The molecule has 0 amide bonds. The smallest absolute Gasteiger partial charge is 0.217 e. The van der Waals surface area contributed by atoms with Crippen LogP contribution in [0.2, 0.25) is 0 Å². The van der Waals surface area contributed by atoms with Gasteiger partial charge in [0.2, 0.25) is 11.8 Å². The third-order valence-electron chi connectivity index (χ3n) is 2.36. The lowest BCUT2D eigenvalue weighted by molar-refractivity contribution is 0.441. The summed E-state index contributed by atoms with van der Waals surface area (Å²) in [4.78, 5) is 0. The average molecular weight is 211 g/mol. The van der Waals surface area contributed by atoms with Gasteiger partial charge in [0, 0.05) is 19.4 Å². The quantitative estimate of drug-likeness (QED) is 0.669. The Morgan fingerprint density at radius 1 is 1.00 bits per heavy atom. The van der Waals surface area contributed by atoms with Crippen molar-refractivity contribution >= 4 is 0 Å². The topological polar surface area (TPSA) is 64.9 Å². The molecule has 4 heteroatoms. The van der Waals surface area contributed by atoms with Crippen LogP contribution >= 0.6 is 0 Å². The summed E-state index contributed by atoms with van der Waals surface area (Å²) in [6.45, 7) is 2.79. The molecule has 0 atom stereocenters. The molecule has 1 heterocycles. The van der Waals surface area contributed by atoms with Gasteiger partial charge in [-0.2, -0.15) is 0 Å². The minimum Gasteiger partial charge on any atom is -0.425 e. The fourth-order valence-corrected chi connectivity index (χ4v) is 1.49. The van der Waals surface area contributed by atoms with Gasteiger partial charge < -0.3 is 10.2 Å². The molecule has 0 aromatic carbocycles. The standard InChI is InChI=1S/C11H21N3O/c1-2-3-4-5-6-7-10-13-14-11(15-10)8-9-12/h2-9,12H2,1H3. The Balaban J connectivity index is 2.14. The first-order valence-electron chi connectivity index (χ1n) is 5.88. The molecule has 0 bridgehead atoms. The predicted octanol–water partition coefficient (Wildman–Crippen LogP) is 2.08. The number of nitrogens with two attached hydrogens (primary N) is 1. The van der Waals surface area contributed by atoms with Crippen LogP contribution in [0.15, 0.2) is 4.42 Å². The van der Waals surface area contributed by atoms with Gasteiger partial charge in [-0.15, -0.1) is 10.2 Å². The largest absolute Gasteiger partial charge is 0.425 e. The Hall–Kier alpha value is -0.900. The van der Waals surface area contributed by atoms with E-state index >= 15 is 0 Å². The highest BCUT2D eigenvalue weighted by molar-refractivity contribution is 4.82. The molecule has 0 aliphatic carbocycles. The van der Waals surface area contributed by atoms with Gasteiger partial charge in [0.15, 0.2) is 0 Å². The number of unbranched alkanes of at least 4 members (excludes halogenated alkanes) is 4. The van der Waals surface area contributed by atoms with E-state index in [1.165, 1.54) is 25.7 Å². The van der Waals surface area contributed by atoms with Crippen molar-refractivity contribution in [1.29, 1.82) is 0 Å². The molecular formula is C11H21N3O. The summed E-state index contributed by atoms with van der Waals surface area (Å²) in [5.41, 5.74) is 5.40. The van der Waals surface area contributed by atoms with Crippen molar-refractivity contribution in [3.63, 3.8) is 0 Å². The number of nitrogens with zero attached hydrogens (tertiary/aromatic N) is 2. The first kappa shape index (κ1) is 12.2. The van der Waals surface area contributed by atoms with Crippen molar-refractivity contribution in [2.75, 3.05) is 6.54 Å². The molecule has 0 saturated heterocycles. The Morgan fingerprint density at radius 2 is 1.67 bits per heavy atom. The molecule has 0 radical (unpaired) electrons. The minimum atomic E-state index is 0.568. The summed E-state index contributed by atoms with van der Waals surface area (Å²) in [5, 5.41) is 7.90. The van der Waals surface area contributed by atoms with E-state index in [0.717, 1.165) is 18.7 Å². The summed E-state index contributed by atoms with van der Waals surface area (Å²) in [7, 11) is 0. The molecular weight excluding hydrogens is 190 g/mol. The van der Waals surface area contributed by atoms with E-state index in [4.69, 9.17) is 10.2 Å². The maximum Gasteiger partial charge on any atom is 0.217 e. The van der Waals surface area contributed by atoms with Gasteiger partial charge in [0.25, 0.3) is 0 Å². The second-order valence-corrected chi connectivity index (χ2v) is 3.79. The fraction of sp³-hybridized carbons (Fsp3) is 0.818. The molecule has 0 spiro atoms. The molecule has 4 nitrogen and oxygen atoms in total. The van der Waals surface area contributed by atoms with E-state index < -0.39 is 0 Å². The highest BCUT2D eigenvalue weighted by atomic mass is 16.4. The number of hydrogen-bond acceptors (Lipinski definition) is 4. The van der Waals surface area contributed by atoms with E-state index in [1.54, 1.807) is 0 Å². The average Bonchev–Trinajstić information content (AvgIpc) is 2.66. The molecule has 1 aromatic heterocycles. The molecule has 0 aliphatic heterocycles. The summed E-state index contributed by atoms with van der Waals surface area (Å²) < 4.78 is 5.43. The van der Waals surface area contributed by atoms with Crippen LogP contribution in [0.4, 0.5) is 0 Å². The monoisotopic (exact) mass is 211 g/mol. The Kier molecular flexibility index (Phi) is 6.00. The zero-order valence-corrected chi connectivity index (χ0v) is 9.54. The van der Waals surface area contributed by atoms with E-state index in [1.807, 2.05) is 0 Å². The van der Waals surface area contributed by atoms with Crippen molar-refractivity contribution in [2.45, 2.75) is 51.9 Å². The van der Waals surface area contributed by atoms with E-state index in [0.29, 0.717) is 18.9 Å². The zero-order chi connectivity index (χ0) is 10.9. The first-order valence-corrected chi connectivity index (χ1v) is 5.88. The Morgan fingerprint density at radius 3 is 2.33 bits per heavy atom. The molecule has 2 N–H and O–H groups in total. The third-order valence-corrected chi connectivity index (χ3v) is 2.36. The lowest BCUT2D eigenvalue weighted by Gasteiger charge is -1.96. The number of hydrogen-bond donors (Lipinski definition) is 1. The number of rotatable bonds is 8. The van der Waals surface area contributed by atoms with Gasteiger partial charge in [-0.1, -0.05) is 32.6 Å². The van der Waals surface area contributed by atoms with Crippen LogP contribution in [0, 0.1) is 0 Å². The minimum absolute atomic E-state index is 0.568. The number of aromatic nitrogens is 2. The fourth-order valence-electron chi connectivity index (χ4n) is 1.49. The van der Waals surface area contributed by atoms with Gasteiger partial charge in [-0.3, -0.25) is 0 Å². The Labute approximate surface area is 91.3 Å². The maximum atomic E-state index is 5.43. The Bertz CT molecular complexity index is 260. The maximum absolute atomic E-state index is 5.43. The second-order valence-electron chi connectivity index (χ2n) is 3.79. The van der Waals surface area contributed by atoms with E-state index in [9.17, 15) is 0 Å². The normalized spacial score (nSPS) is 10.8. The molecule has 1 aromatic rings. The lowest BCUT2D eigenvalue weighted by Crippen LogP contribution is -2.02. The third kappa shape index (κ3) is 4.93. The van der Waals surface area contributed by atoms with Crippen molar-refractivity contribution in [3.05, 3.63) is 11.8 Å². The van der Waals surface area contributed by atoms with Gasteiger partial charge in [-0.25, -0.2) is 0 Å². The van der Waals surface area contributed by atoms with Crippen molar-refractivity contribution < 1.29 is 4.42 Å². The predicted molar refractivity (Wildman–Crippen MR) is 59.5 cm³/mol. The van der Waals surface area contributed by atoms with Gasteiger partial charge in [0.1, 0.15) is 0 Å². The molecule has 0 saturated carbocycles. The molecule has 0 unspecified atom stereocenters. The summed E-state index contributed by atoms with van der Waals surface area (Å²) in [6, 6.07) is 0. The molecule has 0 fully saturated rings. The molecule has 15 heavy (non-hydrogen) atoms. The van der Waals surface area contributed by atoms with Crippen molar-refractivity contribution in [2.24, 2.45) is 5.73 Å². The van der Waals surface area contributed by atoms with Crippen LogP contribution in [0.5, 0.6) is 0 Å². The van der Waals surface area contributed by atoms with Crippen molar-refractivity contribution in [3.8, 4) is 0 Å². The van der Waals surface area contributed by atoms with Gasteiger partial charge in [0.05, 0.1) is 0 Å². The van der Waals surface area contributed by atoms with Crippen LogP contribution in [-0.2, 0) is 12.8 Å². The van der Waals surface area contributed by atoms with E-state index in [-0.39, 0.29) is 0 Å². The first-order chi connectivity index (χ1) is 7.36. The molecule has 1 rings (SSSR count). The van der Waals surface area contributed by atoms with E-state index in [2.05, 4.69) is 17.1 Å². The highest BCUT2D eigenvalue weighted by Crippen LogP contribution is 2.08.